The van der Waals surface area contributed by atoms with Gasteiger partial charge in [0.2, 0.25) is 15.7 Å². The molecule has 0 fully saturated rings. The number of benzene rings is 2. The molecule has 0 aliphatic carbocycles. The molecule has 170 valence electrons. The average molecular weight is 472 g/mol. The number of aromatic nitrogens is 2. The van der Waals surface area contributed by atoms with Gasteiger partial charge in [0.25, 0.3) is 5.56 Å². The first-order chi connectivity index (χ1) is 16.2. The Balaban J connectivity index is 1.96. The van der Waals surface area contributed by atoms with Gasteiger partial charge in [0.1, 0.15) is 27.9 Å². The Morgan fingerprint density at radius 1 is 1.03 bits per heavy atom. The molecule has 0 atom stereocenters. The molecule has 2 aromatic carbocycles. The number of pyridine rings is 1. The van der Waals surface area contributed by atoms with Crippen LogP contribution in [0.15, 0.2) is 81.5 Å². The molecular weight excluding hydrogens is 450 g/mol. The largest absolute Gasteiger partial charge is 0.438 e. The topological polar surface area (TPSA) is 102 Å². The maximum Gasteiger partial charge on any atom is 0.269 e. The molecule has 0 N–H and O–H groups in total. The van der Waals surface area contributed by atoms with Crippen LogP contribution in [0.5, 0.6) is 11.6 Å². The summed E-state index contributed by atoms with van der Waals surface area (Å²) in [6.07, 6.45) is 2.57. The molecule has 8 heteroatoms. The van der Waals surface area contributed by atoms with Gasteiger partial charge in [0.15, 0.2) is 0 Å². The van der Waals surface area contributed by atoms with E-state index in [0.29, 0.717) is 11.4 Å². The molecule has 2 aromatic heterocycles. The second-order valence-electron chi connectivity index (χ2n) is 7.88. The molecule has 0 aliphatic rings. The van der Waals surface area contributed by atoms with Crippen LogP contribution in [0.1, 0.15) is 22.3 Å². The minimum Gasteiger partial charge on any atom is -0.438 e. The Bertz CT molecular complexity index is 1640. The Hall–Kier alpha value is -4.22. The number of hydrogen-bond donors (Lipinski definition) is 0. The van der Waals surface area contributed by atoms with Crippen LogP contribution in [0.3, 0.4) is 0 Å². The van der Waals surface area contributed by atoms with Crippen molar-refractivity contribution in [1.82, 2.24) is 9.38 Å². The predicted octanol–water partition coefficient (Wildman–Crippen LogP) is 4.75. The molecule has 4 rings (SSSR count). The van der Waals surface area contributed by atoms with Crippen LogP contribution < -0.4 is 10.3 Å². The standard InChI is InChI=1S/C26H21N3O4S/c1-17-9-11-21(12-10-17)34(31,32)22(16-27)15-23-25(33-20-8-4-6-18(2)14-20)28-24-19(3)7-5-13-29(24)26(23)30/h4-15H,1-3H3. The molecule has 0 spiro atoms. The highest BCUT2D eigenvalue weighted by Gasteiger charge is 2.24. The van der Waals surface area contributed by atoms with Crippen molar-refractivity contribution >= 4 is 21.6 Å². The highest BCUT2D eigenvalue weighted by Crippen LogP contribution is 2.27. The predicted molar refractivity (Wildman–Crippen MR) is 129 cm³/mol. The summed E-state index contributed by atoms with van der Waals surface area (Å²) >= 11 is 0. The van der Waals surface area contributed by atoms with Gasteiger partial charge in [-0.3, -0.25) is 9.20 Å². The zero-order chi connectivity index (χ0) is 24.5. The Morgan fingerprint density at radius 3 is 2.44 bits per heavy atom. The molecule has 4 aromatic rings. The molecule has 0 amide bonds. The van der Waals surface area contributed by atoms with Crippen LogP contribution in [0.2, 0.25) is 0 Å². The van der Waals surface area contributed by atoms with Gasteiger partial charge >= 0.3 is 0 Å². The van der Waals surface area contributed by atoms with Gasteiger partial charge in [-0.2, -0.15) is 10.2 Å². The van der Waals surface area contributed by atoms with Gasteiger partial charge < -0.3 is 4.74 Å². The van der Waals surface area contributed by atoms with Crippen molar-refractivity contribution in [3.05, 3.63) is 104 Å². The third-order valence-electron chi connectivity index (χ3n) is 5.26. The molecule has 0 unspecified atom stereocenters. The van der Waals surface area contributed by atoms with Gasteiger partial charge in [0, 0.05) is 6.20 Å². The lowest BCUT2D eigenvalue weighted by atomic mass is 10.2. The van der Waals surface area contributed by atoms with E-state index in [9.17, 15) is 18.5 Å². The first kappa shape index (κ1) is 23.0. The number of fused-ring (bicyclic) bond motifs is 1. The lowest BCUT2D eigenvalue weighted by Crippen LogP contribution is -2.20. The van der Waals surface area contributed by atoms with E-state index in [1.54, 1.807) is 55.5 Å². The van der Waals surface area contributed by atoms with E-state index in [4.69, 9.17) is 4.74 Å². The summed E-state index contributed by atoms with van der Waals surface area (Å²) in [5.41, 5.74) is 2.22. The van der Waals surface area contributed by atoms with Crippen LogP contribution in [0.25, 0.3) is 11.7 Å². The van der Waals surface area contributed by atoms with E-state index in [2.05, 4.69) is 4.98 Å². The molecule has 2 heterocycles. The summed E-state index contributed by atoms with van der Waals surface area (Å²) in [7, 11) is -4.17. The molecule has 0 saturated carbocycles. The summed E-state index contributed by atoms with van der Waals surface area (Å²) in [6, 6.07) is 18.5. The number of allylic oxidation sites excluding steroid dienone is 1. The quantitative estimate of drug-likeness (QED) is 0.389. The van der Waals surface area contributed by atoms with Gasteiger partial charge in [-0.25, -0.2) is 8.42 Å². The molecular formula is C26H21N3O4S. The van der Waals surface area contributed by atoms with E-state index < -0.39 is 20.3 Å². The number of rotatable bonds is 5. The number of nitrogens with zero attached hydrogens (tertiary/aromatic N) is 3. The molecule has 7 nitrogen and oxygen atoms in total. The first-order valence-electron chi connectivity index (χ1n) is 10.4. The van der Waals surface area contributed by atoms with E-state index in [-0.39, 0.29) is 16.3 Å². The number of hydrogen-bond acceptors (Lipinski definition) is 6. The summed E-state index contributed by atoms with van der Waals surface area (Å²) in [6.45, 7) is 5.52. The third kappa shape index (κ3) is 4.34. The summed E-state index contributed by atoms with van der Waals surface area (Å²) in [5, 5.41) is 9.74. The van der Waals surface area contributed by atoms with Crippen LogP contribution in [-0.2, 0) is 9.84 Å². The number of sulfone groups is 1. The van der Waals surface area contributed by atoms with Crippen LogP contribution in [0.4, 0.5) is 0 Å². The molecule has 0 aliphatic heterocycles. The SMILES string of the molecule is Cc1ccc(S(=O)(=O)C(C#N)=Cc2c(Oc3cccc(C)c3)nc3c(C)cccn3c2=O)cc1. The minimum absolute atomic E-state index is 0.0447. The van der Waals surface area contributed by atoms with Crippen molar-refractivity contribution in [2.45, 2.75) is 25.7 Å². The number of nitriles is 1. The van der Waals surface area contributed by atoms with Crippen LogP contribution in [-0.4, -0.2) is 17.8 Å². The van der Waals surface area contributed by atoms with Gasteiger partial charge in [-0.05, 0) is 68.3 Å². The normalized spacial score (nSPS) is 11.9. The Labute approximate surface area is 197 Å². The lowest BCUT2D eigenvalue weighted by Gasteiger charge is -2.12. The Morgan fingerprint density at radius 2 is 1.76 bits per heavy atom. The molecule has 34 heavy (non-hydrogen) atoms. The number of aryl methyl sites for hydroxylation is 3. The zero-order valence-electron chi connectivity index (χ0n) is 18.8. The summed E-state index contributed by atoms with van der Waals surface area (Å²) in [5.74, 6) is 0.344. The van der Waals surface area contributed by atoms with Crippen molar-refractivity contribution < 1.29 is 13.2 Å². The van der Waals surface area contributed by atoms with Crippen molar-refractivity contribution in [2.75, 3.05) is 0 Å². The minimum atomic E-state index is -4.17. The second-order valence-corrected chi connectivity index (χ2v) is 9.79. The van der Waals surface area contributed by atoms with Gasteiger partial charge in [0.05, 0.1) is 4.90 Å². The maximum absolute atomic E-state index is 13.4. The van der Waals surface area contributed by atoms with Crippen LogP contribution >= 0.6 is 0 Å². The first-order valence-corrected chi connectivity index (χ1v) is 11.9. The van der Waals surface area contributed by atoms with Crippen molar-refractivity contribution in [3.8, 4) is 17.7 Å². The third-order valence-corrected chi connectivity index (χ3v) is 6.94. The van der Waals surface area contributed by atoms with E-state index in [1.165, 1.54) is 22.7 Å². The van der Waals surface area contributed by atoms with Gasteiger partial charge in [-0.1, -0.05) is 35.9 Å². The van der Waals surface area contributed by atoms with E-state index >= 15 is 0 Å². The average Bonchev–Trinajstić information content (AvgIpc) is 2.80. The lowest BCUT2D eigenvalue weighted by molar-refractivity contribution is 0.460. The molecule has 0 saturated heterocycles. The fourth-order valence-electron chi connectivity index (χ4n) is 3.43. The van der Waals surface area contributed by atoms with Crippen molar-refractivity contribution in [1.29, 1.82) is 5.26 Å². The summed E-state index contributed by atoms with van der Waals surface area (Å²) in [4.78, 5) is 17.3. The van der Waals surface area contributed by atoms with E-state index in [1.807, 2.05) is 19.9 Å². The summed E-state index contributed by atoms with van der Waals surface area (Å²) < 4.78 is 33.6. The maximum atomic E-state index is 13.4. The Kier molecular flexibility index (Phi) is 6.05. The molecule has 0 radical (unpaired) electrons. The second kappa shape index (κ2) is 8.96. The monoisotopic (exact) mass is 471 g/mol. The van der Waals surface area contributed by atoms with Crippen molar-refractivity contribution in [2.24, 2.45) is 0 Å². The fourth-order valence-corrected chi connectivity index (χ4v) is 4.57. The van der Waals surface area contributed by atoms with Crippen molar-refractivity contribution in [3.63, 3.8) is 0 Å². The van der Waals surface area contributed by atoms with Crippen LogP contribution in [0, 0.1) is 32.1 Å². The molecule has 0 bridgehead atoms. The zero-order valence-corrected chi connectivity index (χ0v) is 19.6. The smallest absolute Gasteiger partial charge is 0.269 e. The highest BCUT2D eigenvalue weighted by molar-refractivity contribution is 7.95. The van der Waals surface area contributed by atoms with Gasteiger partial charge in [-0.15, -0.1) is 0 Å². The number of ether oxygens (including phenoxy) is 1. The van der Waals surface area contributed by atoms with E-state index in [0.717, 1.165) is 22.8 Å². The highest BCUT2D eigenvalue weighted by atomic mass is 32.2. The fraction of sp³-hybridized carbons (Fsp3) is 0.115.